The summed E-state index contributed by atoms with van der Waals surface area (Å²) in [5.74, 6) is 0. The number of hydrogen-bond acceptors (Lipinski definition) is 1. The van der Waals surface area contributed by atoms with Gasteiger partial charge in [-0.15, -0.1) is 0 Å². The van der Waals surface area contributed by atoms with E-state index in [9.17, 15) is 0 Å². The summed E-state index contributed by atoms with van der Waals surface area (Å²) in [5, 5.41) is 12.5. The minimum atomic E-state index is -0.195. The van der Waals surface area contributed by atoms with E-state index in [1.807, 2.05) is 6.07 Å². The van der Waals surface area contributed by atoms with Crippen LogP contribution in [0.3, 0.4) is 0 Å². The molecule has 9 aromatic carbocycles. The monoisotopic (exact) mass is 636 g/mol. The van der Waals surface area contributed by atoms with Crippen molar-refractivity contribution in [2.24, 2.45) is 0 Å². The van der Waals surface area contributed by atoms with E-state index >= 15 is 0 Å². The molecule has 0 unspecified atom stereocenters. The van der Waals surface area contributed by atoms with E-state index in [1.165, 1.54) is 87.6 Å². The van der Waals surface area contributed by atoms with E-state index in [2.05, 4.69) is 166 Å². The summed E-state index contributed by atoms with van der Waals surface area (Å²) in [6, 6.07) is 58.4. The zero-order chi connectivity index (χ0) is 33.1. The number of rotatable bonds is 2. The first kappa shape index (κ1) is 27.7. The predicted octanol–water partition coefficient (Wildman–Crippen LogP) is 13.8. The van der Waals surface area contributed by atoms with Gasteiger partial charge in [-0.3, -0.25) is 0 Å². The van der Waals surface area contributed by atoms with Crippen LogP contribution in [0.4, 0.5) is 0 Å². The highest BCUT2D eigenvalue weighted by Crippen LogP contribution is 2.55. The van der Waals surface area contributed by atoms with E-state index in [-0.39, 0.29) is 5.41 Å². The minimum absolute atomic E-state index is 0.195. The lowest BCUT2D eigenvalue weighted by Gasteiger charge is -2.24. The second-order valence-electron chi connectivity index (χ2n) is 14.5. The summed E-state index contributed by atoms with van der Waals surface area (Å²) in [6.07, 6.45) is 0. The van der Waals surface area contributed by atoms with Crippen LogP contribution in [0.15, 0.2) is 162 Å². The summed E-state index contributed by atoms with van der Waals surface area (Å²) in [5.41, 5.74) is 12.1. The van der Waals surface area contributed by atoms with Gasteiger partial charge >= 0.3 is 0 Å². The molecule has 0 bridgehead atoms. The fraction of sp³-hybridized carbons (Fsp3) is 0.0612. The molecule has 234 valence electrons. The van der Waals surface area contributed by atoms with Crippen molar-refractivity contribution in [2.45, 2.75) is 19.3 Å². The topological polar surface area (TPSA) is 13.1 Å². The molecule has 11 rings (SSSR count). The number of fused-ring (bicyclic) bond motifs is 11. The van der Waals surface area contributed by atoms with Crippen LogP contribution < -0.4 is 0 Å². The van der Waals surface area contributed by atoms with Gasteiger partial charge in [-0.05, 0) is 136 Å². The molecular formula is C49H32O. The molecule has 1 aromatic heterocycles. The molecule has 0 amide bonds. The minimum Gasteiger partial charge on any atom is -0.456 e. The molecule has 0 saturated carbocycles. The molecule has 0 atom stereocenters. The van der Waals surface area contributed by atoms with E-state index in [4.69, 9.17) is 4.42 Å². The average Bonchev–Trinajstić information content (AvgIpc) is 3.63. The van der Waals surface area contributed by atoms with Gasteiger partial charge in [-0.2, -0.15) is 0 Å². The molecule has 10 aromatic rings. The van der Waals surface area contributed by atoms with E-state index in [0.717, 1.165) is 21.9 Å². The Balaban J connectivity index is 1.29. The lowest BCUT2D eigenvalue weighted by molar-refractivity contribution is 0.661. The molecule has 0 spiro atoms. The Kier molecular flexibility index (Phi) is 5.51. The predicted molar refractivity (Wildman–Crippen MR) is 212 cm³/mol. The van der Waals surface area contributed by atoms with Crippen molar-refractivity contribution >= 4 is 65.0 Å². The highest BCUT2D eigenvalue weighted by Gasteiger charge is 2.38. The van der Waals surface area contributed by atoms with E-state index in [1.54, 1.807) is 0 Å². The van der Waals surface area contributed by atoms with Crippen LogP contribution in [-0.4, -0.2) is 0 Å². The van der Waals surface area contributed by atoms with Crippen molar-refractivity contribution in [1.29, 1.82) is 0 Å². The molecule has 0 N–H and O–H groups in total. The lowest BCUT2D eigenvalue weighted by atomic mass is 9.79. The fourth-order valence-corrected chi connectivity index (χ4v) is 8.93. The van der Waals surface area contributed by atoms with Crippen LogP contribution in [0.2, 0.25) is 0 Å². The van der Waals surface area contributed by atoms with Crippen molar-refractivity contribution in [1.82, 2.24) is 0 Å². The number of furan rings is 1. The van der Waals surface area contributed by atoms with Crippen LogP contribution in [0.1, 0.15) is 25.0 Å². The summed E-state index contributed by atoms with van der Waals surface area (Å²) in [6.45, 7) is 4.81. The van der Waals surface area contributed by atoms with Crippen LogP contribution in [-0.2, 0) is 5.41 Å². The Morgan fingerprint density at radius 1 is 0.360 bits per heavy atom. The second-order valence-corrected chi connectivity index (χ2v) is 14.5. The van der Waals surface area contributed by atoms with Crippen molar-refractivity contribution in [3.05, 3.63) is 169 Å². The van der Waals surface area contributed by atoms with Gasteiger partial charge in [-0.1, -0.05) is 123 Å². The molecule has 1 heteroatoms. The molecule has 1 heterocycles. The third kappa shape index (κ3) is 3.78. The Morgan fingerprint density at radius 2 is 1.04 bits per heavy atom. The Morgan fingerprint density at radius 3 is 1.88 bits per heavy atom. The van der Waals surface area contributed by atoms with Gasteiger partial charge in [0.05, 0.1) is 0 Å². The summed E-state index contributed by atoms with van der Waals surface area (Å²) in [4.78, 5) is 0. The molecule has 0 radical (unpaired) electrons. The fourth-order valence-electron chi connectivity index (χ4n) is 8.93. The molecule has 0 aliphatic heterocycles. The normalized spacial score (nSPS) is 13.6. The SMILES string of the molecule is CC1(C)c2cc3ccccc3cc2-c2c(-c3ccc4oc5ccccc5c4c3)cc(-c3c4ccccc4cc4c3ccc3ccccc34)cc21. The zero-order valence-electron chi connectivity index (χ0n) is 27.9. The van der Waals surface area contributed by atoms with Crippen LogP contribution >= 0.6 is 0 Å². The zero-order valence-corrected chi connectivity index (χ0v) is 27.9. The van der Waals surface area contributed by atoms with Crippen LogP contribution in [0.5, 0.6) is 0 Å². The summed E-state index contributed by atoms with van der Waals surface area (Å²) in [7, 11) is 0. The van der Waals surface area contributed by atoms with Crippen molar-refractivity contribution in [2.75, 3.05) is 0 Å². The molecule has 1 nitrogen and oxygen atoms in total. The smallest absolute Gasteiger partial charge is 0.135 e. The Bertz CT molecular complexity index is 3060. The van der Waals surface area contributed by atoms with Gasteiger partial charge in [0, 0.05) is 16.2 Å². The number of hydrogen-bond donors (Lipinski definition) is 0. The van der Waals surface area contributed by atoms with Crippen molar-refractivity contribution in [3.8, 4) is 33.4 Å². The standard InChI is InChI=1S/C49H32O/c1-49(2)43-27-31-13-4-3-12-30(31)23-42(43)48-39(33-20-22-46-41(25-33)37-17-9-10-18-45(37)50-46)26-34(28-44(48)49)47-36-16-8-6-14-32(36)24-40-35-15-7-5-11-29(35)19-21-38(40)47/h3-28H,1-2H3. The van der Waals surface area contributed by atoms with Gasteiger partial charge in [0.1, 0.15) is 11.2 Å². The first-order chi connectivity index (χ1) is 24.5. The lowest BCUT2D eigenvalue weighted by Crippen LogP contribution is -2.15. The molecule has 0 fully saturated rings. The third-order valence-electron chi connectivity index (χ3n) is 11.4. The largest absolute Gasteiger partial charge is 0.456 e. The van der Waals surface area contributed by atoms with Crippen LogP contribution in [0, 0.1) is 0 Å². The van der Waals surface area contributed by atoms with Crippen molar-refractivity contribution < 1.29 is 4.42 Å². The molecule has 1 aliphatic carbocycles. The third-order valence-corrected chi connectivity index (χ3v) is 11.4. The maximum absolute atomic E-state index is 6.30. The van der Waals surface area contributed by atoms with Gasteiger partial charge in [0.2, 0.25) is 0 Å². The Labute approximate surface area is 290 Å². The summed E-state index contributed by atoms with van der Waals surface area (Å²) >= 11 is 0. The van der Waals surface area contributed by atoms with Gasteiger partial charge in [0.25, 0.3) is 0 Å². The van der Waals surface area contributed by atoms with Crippen LogP contribution in [0.25, 0.3) is 98.4 Å². The second kappa shape index (κ2) is 9.94. The molecule has 50 heavy (non-hydrogen) atoms. The van der Waals surface area contributed by atoms with Crippen molar-refractivity contribution in [3.63, 3.8) is 0 Å². The molecule has 0 saturated heterocycles. The highest BCUT2D eigenvalue weighted by atomic mass is 16.3. The molecular weight excluding hydrogens is 605 g/mol. The average molecular weight is 637 g/mol. The maximum atomic E-state index is 6.30. The Hall–Kier alpha value is -6.18. The maximum Gasteiger partial charge on any atom is 0.135 e. The van der Waals surface area contributed by atoms with Gasteiger partial charge in [-0.25, -0.2) is 0 Å². The van der Waals surface area contributed by atoms with E-state index < -0.39 is 0 Å². The molecule has 1 aliphatic rings. The van der Waals surface area contributed by atoms with E-state index in [0.29, 0.717) is 0 Å². The van der Waals surface area contributed by atoms with Gasteiger partial charge in [0.15, 0.2) is 0 Å². The highest BCUT2D eigenvalue weighted by molar-refractivity contribution is 6.20. The first-order valence-corrected chi connectivity index (χ1v) is 17.5. The quantitative estimate of drug-likeness (QED) is 0.136. The number of benzene rings is 9. The first-order valence-electron chi connectivity index (χ1n) is 17.5. The summed E-state index contributed by atoms with van der Waals surface area (Å²) < 4.78 is 6.30. The van der Waals surface area contributed by atoms with Gasteiger partial charge < -0.3 is 4.42 Å². The number of para-hydroxylation sites is 1.